The number of nitrogens with zero attached hydrogens (tertiary/aromatic N) is 2. The first-order valence-electron chi connectivity index (χ1n) is 9.55. The number of hydrogen-bond donors (Lipinski definition) is 0. The van der Waals surface area contributed by atoms with Gasteiger partial charge in [-0.15, -0.1) is 0 Å². The number of hydrogen-bond acceptors (Lipinski definition) is 2. The van der Waals surface area contributed by atoms with Crippen molar-refractivity contribution in [2.75, 3.05) is 18.0 Å². The molecule has 0 bridgehead atoms. The fourth-order valence-electron chi connectivity index (χ4n) is 3.68. The van der Waals surface area contributed by atoms with Gasteiger partial charge in [0.25, 0.3) is 5.01 Å². The van der Waals surface area contributed by atoms with Gasteiger partial charge in [0, 0.05) is 30.9 Å². The Labute approximate surface area is 160 Å². The Balaban J connectivity index is 1.56. The Morgan fingerprint density at radius 1 is 0.923 bits per heavy atom. The molecule has 0 amide bonds. The van der Waals surface area contributed by atoms with E-state index in [2.05, 4.69) is 78.9 Å². The molecule has 0 saturated carbocycles. The minimum absolute atomic E-state index is 1.20. The number of thiazole rings is 1. The number of fused-ring (bicyclic) bond motifs is 1. The van der Waals surface area contributed by atoms with Crippen LogP contribution in [0.2, 0.25) is 0 Å². The van der Waals surface area contributed by atoms with Gasteiger partial charge in [-0.3, -0.25) is 0 Å². The minimum Gasteiger partial charge on any atom is -0.372 e. The summed E-state index contributed by atoms with van der Waals surface area (Å²) in [6.45, 7) is 6.77. The summed E-state index contributed by atoms with van der Waals surface area (Å²) in [4.78, 5) is 2.51. The Hall–Kier alpha value is -2.13. The summed E-state index contributed by atoms with van der Waals surface area (Å²) >= 11 is 1.86. The molecule has 1 saturated heterocycles. The summed E-state index contributed by atoms with van der Waals surface area (Å²) in [7, 11) is 2.16. The van der Waals surface area contributed by atoms with Gasteiger partial charge < -0.3 is 4.90 Å². The second-order valence-corrected chi connectivity index (χ2v) is 8.44. The Morgan fingerprint density at radius 3 is 2.35 bits per heavy atom. The van der Waals surface area contributed by atoms with Crippen molar-refractivity contribution in [3.63, 3.8) is 0 Å². The van der Waals surface area contributed by atoms with Crippen LogP contribution >= 0.6 is 11.3 Å². The second-order valence-electron chi connectivity index (χ2n) is 7.38. The van der Waals surface area contributed by atoms with Crippen molar-refractivity contribution in [2.45, 2.75) is 33.1 Å². The summed E-state index contributed by atoms with van der Waals surface area (Å²) in [5.74, 6) is 0. The molecule has 2 aromatic carbocycles. The van der Waals surface area contributed by atoms with Gasteiger partial charge in [0.05, 0.1) is 0 Å². The lowest BCUT2D eigenvalue weighted by Crippen LogP contribution is -2.29. The maximum atomic E-state index is 2.51. The van der Waals surface area contributed by atoms with Gasteiger partial charge in [0.1, 0.15) is 11.7 Å². The van der Waals surface area contributed by atoms with E-state index in [0.29, 0.717) is 0 Å². The lowest BCUT2D eigenvalue weighted by molar-refractivity contribution is -0.642. The summed E-state index contributed by atoms with van der Waals surface area (Å²) in [5.41, 5.74) is 6.66. The van der Waals surface area contributed by atoms with Crippen molar-refractivity contribution in [1.29, 1.82) is 0 Å². The molecule has 2 nitrogen and oxygen atoms in total. The smallest absolute Gasteiger partial charge is 0.262 e. The maximum Gasteiger partial charge on any atom is 0.262 e. The molecule has 2 heterocycles. The first-order valence-corrected chi connectivity index (χ1v) is 10.4. The molecule has 0 radical (unpaired) electrons. The number of piperidine rings is 1. The van der Waals surface area contributed by atoms with Gasteiger partial charge in [-0.2, -0.15) is 4.57 Å². The Morgan fingerprint density at radius 2 is 1.62 bits per heavy atom. The molecular weight excluding hydrogens is 336 g/mol. The van der Waals surface area contributed by atoms with Crippen LogP contribution in [0.4, 0.5) is 5.69 Å². The third kappa shape index (κ3) is 3.41. The van der Waals surface area contributed by atoms with Crippen LogP contribution in [0.3, 0.4) is 0 Å². The van der Waals surface area contributed by atoms with Crippen molar-refractivity contribution in [2.24, 2.45) is 7.05 Å². The van der Waals surface area contributed by atoms with E-state index in [9.17, 15) is 0 Å². The third-order valence-corrected chi connectivity index (χ3v) is 6.68. The Kier molecular flexibility index (Phi) is 4.82. The molecule has 0 unspecified atom stereocenters. The van der Waals surface area contributed by atoms with Gasteiger partial charge >= 0.3 is 0 Å². The number of anilines is 1. The summed E-state index contributed by atoms with van der Waals surface area (Å²) in [6.07, 6.45) is 8.49. The van der Waals surface area contributed by atoms with Gasteiger partial charge in [0.2, 0.25) is 5.52 Å². The zero-order valence-corrected chi connectivity index (χ0v) is 16.8. The molecule has 3 heteroatoms. The van der Waals surface area contributed by atoms with E-state index in [-0.39, 0.29) is 0 Å². The molecule has 1 aliphatic rings. The molecular formula is C23H27N2S+. The minimum atomic E-state index is 1.20. The largest absolute Gasteiger partial charge is 0.372 e. The molecule has 0 atom stereocenters. The number of aryl methyl sites for hydroxylation is 3. The lowest BCUT2D eigenvalue weighted by atomic mass is 10.1. The molecule has 1 aromatic heterocycles. The van der Waals surface area contributed by atoms with Crippen LogP contribution in [0.15, 0.2) is 36.4 Å². The van der Waals surface area contributed by atoms with E-state index in [4.69, 9.17) is 0 Å². The van der Waals surface area contributed by atoms with Crippen LogP contribution in [0, 0.1) is 13.8 Å². The predicted molar refractivity (Wildman–Crippen MR) is 114 cm³/mol. The van der Waals surface area contributed by atoms with Crippen LogP contribution in [-0.2, 0) is 7.05 Å². The van der Waals surface area contributed by atoms with E-state index in [1.165, 1.54) is 70.0 Å². The number of benzene rings is 2. The molecule has 1 fully saturated rings. The average molecular weight is 364 g/mol. The van der Waals surface area contributed by atoms with Crippen molar-refractivity contribution in [3.05, 3.63) is 58.1 Å². The maximum absolute atomic E-state index is 2.51. The van der Waals surface area contributed by atoms with Gasteiger partial charge in [-0.1, -0.05) is 23.5 Å². The van der Waals surface area contributed by atoms with Crippen molar-refractivity contribution < 1.29 is 4.57 Å². The first kappa shape index (κ1) is 17.3. The standard InChI is InChI=1S/C23H27N2S/c1-17-15-21-22(16-18(17)2)26-23(24(21)3)12-9-19-7-10-20(11-8-19)25-13-5-4-6-14-25/h7-12,15-16H,4-6,13-14H2,1-3H3/q+1. The SMILES string of the molecule is Cc1cc2sc(/C=C/c3ccc(N4CCCCC4)cc3)[n+](C)c2cc1C. The number of rotatable bonds is 3. The highest BCUT2D eigenvalue weighted by molar-refractivity contribution is 7.18. The summed E-state index contributed by atoms with van der Waals surface area (Å²) in [5, 5.41) is 1.28. The van der Waals surface area contributed by atoms with E-state index < -0.39 is 0 Å². The summed E-state index contributed by atoms with van der Waals surface area (Å²) in [6, 6.07) is 13.6. The van der Waals surface area contributed by atoms with E-state index in [1.54, 1.807) is 0 Å². The normalized spacial score (nSPS) is 15.3. The van der Waals surface area contributed by atoms with Gasteiger partial charge in [-0.05, 0) is 74.1 Å². The molecule has 3 aromatic rings. The van der Waals surface area contributed by atoms with Gasteiger partial charge in [0.15, 0.2) is 0 Å². The van der Waals surface area contributed by atoms with Crippen LogP contribution < -0.4 is 9.47 Å². The van der Waals surface area contributed by atoms with E-state index in [1.807, 2.05) is 11.3 Å². The fraction of sp³-hybridized carbons (Fsp3) is 0.348. The quantitative estimate of drug-likeness (QED) is 0.557. The molecule has 134 valence electrons. The third-order valence-electron chi connectivity index (χ3n) is 5.51. The van der Waals surface area contributed by atoms with Crippen LogP contribution in [0.5, 0.6) is 0 Å². The second kappa shape index (κ2) is 7.24. The fourth-order valence-corrected chi connectivity index (χ4v) is 4.81. The highest BCUT2D eigenvalue weighted by Crippen LogP contribution is 2.25. The van der Waals surface area contributed by atoms with Crippen molar-refractivity contribution in [3.8, 4) is 0 Å². The molecule has 0 N–H and O–H groups in total. The van der Waals surface area contributed by atoms with E-state index >= 15 is 0 Å². The molecule has 4 rings (SSSR count). The topological polar surface area (TPSA) is 7.12 Å². The molecule has 1 aliphatic heterocycles. The zero-order valence-electron chi connectivity index (χ0n) is 16.0. The summed E-state index contributed by atoms with van der Waals surface area (Å²) < 4.78 is 3.65. The van der Waals surface area contributed by atoms with E-state index in [0.717, 1.165) is 0 Å². The zero-order chi connectivity index (χ0) is 18.1. The van der Waals surface area contributed by atoms with Crippen molar-refractivity contribution in [1.82, 2.24) is 0 Å². The first-order chi connectivity index (χ1) is 12.6. The predicted octanol–water partition coefficient (Wildman–Crippen LogP) is 5.50. The molecule has 0 aliphatic carbocycles. The average Bonchev–Trinajstić information content (AvgIpc) is 2.97. The lowest BCUT2D eigenvalue weighted by Gasteiger charge is -2.28. The Bertz CT molecular complexity index is 944. The van der Waals surface area contributed by atoms with Crippen LogP contribution in [0.25, 0.3) is 22.4 Å². The van der Waals surface area contributed by atoms with Gasteiger partial charge in [-0.25, -0.2) is 0 Å². The highest BCUT2D eigenvalue weighted by atomic mass is 32.1. The monoisotopic (exact) mass is 363 g/mol. The van der Waals surface area contributed by atoms with Crippen LogP contribution in [0.1, 0.15) is 41.0 Å². The van der Waals surface area contributed by atoms with Crippen LogP contribution in [-0.4, -0.2) is 13.1 Å². The van der Waals surface area contributed by atoms with Crippen molar-refractivity contribution >= 4 is 39.4 Å². The molecule has 0 spiro atoms. The molecule has 26 heavy (non-hydrogen) atoms. The number of aromatic nitrogens is 1. The highest BCUT2D eigenvalue weighted by Gasteiger charge is 2.15.